The van der Waals surface area contributed by atoms with Crippen LogP contribution in [0, 0.1) is 5.41 Å². The van der Waals surface area contributed by atoms with E-state index >= 15 is 0 Å². The summed E-state index contributed by atoms with van der Waals surface area (Å²) < 4.78 is 0. The quantitative estimate of drug-likeness (QED) is 0.0339. The van der Waals surface area contributed by atoms with Gasteiger partial charge >= 0.3 is 0 Å². The molecule has 3 atom stereocenters. The molecular weight excluding hydrogens is 668 g/mol. The van der Waals surface area contributed by atoms with Crippen LogP contribution in [0.1, 0.15) is 48.1 Å². The van der Waals surface area contributed by atoms with Crippen molar-refractivity contribution in [1.82, 2.24) is 31.2 Å². The summed E-state index contributed by atoms with van der Waals surface area (Å²) in [6.07, 6.45) is 4.04. The van der Waals surface area contributed by atoms with Gasteiger partial charge < -0.3 is 54.9 Å². The lowest BCUT2D eigenvalue weighted by molar-refractivity contribution is -0.133. The molecule has 0 aliphatic rings. The van der Waals surface area contributed by atoms with Gasteiger partial charge in [0.25, 0.3) is 0 Å². The van der Waals surface area contributed by atoms with Gasteiger partial charge in [0.05, 0.1) is 12.7 Å². The molecule has 52 heavy (non-hydrogen) atoms. The predicted octanol–water partition coefficient (Wildman–Crippen LogP) is -1.64. The molecule has 3 aromatic rings. The maximum Gasteiger partial charge on any atom is 0.243 e. The zero-order chi connectivity index (χ0) is 37.9. The number of carbonyl (C=O) groups excluding carboxylic acids is 4. The number of amides is 4. The number of nitrogens with two attached hydrogens (primary N) is 5. The first-order valence-electron chi connectivity index (χ1n) is 16.6. The maximum absolute atomic E-state index is 13.9. The maximum atomic E-state index is 13.9. The van der Waals surface area contributed by atoms with Crippen LogP contribution in [-0.2, 0) is 38.6 Å². The van der Waals surface area contributed by atoms with Crippen LogP contribution < -0.4 is 49.9 Å². The first-order valence-corrected chi connectivity index (χ1v) is 16.6. The smallest absolute Gasteiger partial charge is 0.243 e. The third-order valence-electron chi connectivity index (χ3n) is 7.73. The van der Waals surface area contributed by atoms with Gasteiger partial charge in [-0.15, -0.1) is 0 Å². The Labute approximate surface area is 301 Å². The van der Waals surface area contributed by atoms with Crippen molar-refractivity contribution in [3.63, 3.8) is 0 Å². The van der Waals surface area contributed by atoms with E-state index in [1.807, 2.05) is 18.2 Å². The summed E-state index contributed by atoms with van der Waals surface area (Å²) in [5, 5.41) is 18.7. The predicted molar refractivity (Wildman–Crippen MR) is 197 cm³/mol. The lowest BCUT2D eigenvalue weighted by Crippen LogP contribution is -2.57. The number of H-pyrrole nitrogens is 1. The Morgan fingerprint density at radius 1 is 0.731 bits per heavy atom. The van der Waals surface area contributed by atoms with E-state index in [2.05, 4.69) is 41.2 Å². The number of hydrogen-bond acceptors (Lipinski definition) is 8. The van der Waals surface area contributed by atoms with Gasteiger partial charge in [0.2, 0.25) is 23.6 Å². The number of rotatable bonds is 21. The molecule has 18 heteroatoms. The molecule has 3 rings (SSSR count). The second kappa shape index (κ2) is 20.9. The minimum atomic E-state index is -1.17. The second-order valence-corrected chi connectivity index (χ2v) is 11.9. The fraction of sp³-hybridized carbons (Fsp3) is 0.353. The lowest BCUT2D eigenvalue weighted by atomic mass is 10.1. The summed E-state index contributed by atoms with van der Waals surface area (Å²) in [6.45, 7) is 0.569. The number of benzene rings is 2. The van der Waals surface area contributed by atoms with Crippen LogP contribution in [-0.4, -0.2) is 82.6 Å². The number of aromatic nitrogens is 2. The summed E-state index contributed by atoms with van der Waals surface area (Å²) in [5.41, 5.74) is 29.9. The van der Waals surface area contributed by atoms with E-state index in [1.54, 1.807) is 36.4 Å². The molecule has 0 saturated carbocycles. The Kier molecular flexibility index (Phi) is 16.1. The Morgan fingerprint density at radius 2 is 1.31 bits per heavy atom. The minimum Gasteiger partial charge on any atom is -0.384 e. The summed E-state index contributed by atoms with van der Waals surface area (Å²) >= 11 is 0. The zero-order valence-electron chi connectivity index (χ0n) is 28.8. The number of hydrogen-bond donors (Lipinski definition) is 11. The Bertz CT molecular complexity index is 1670. The molecule has 0 fully saturated rings. The molecular formula is C34H48N14O4. The molecule has 0 spiro atoms. The second-order valence-electron chi connectivity index (χ2n) is 11.9. The van der Waals surface area contributed by atoms with E-state index < -0.39 is 41.8 Å². The molecule has 18 nitrogen and oxygen atoms in total. The van der Waals surface area contributed by atoms with Crippen LogP contribution in [0.15, 0.2) is 77.1 Å². The van der Waals surface area contributed by atoms with Crippen molar-refractivity contribution in [3.05, 3.63) is 89.5 Å². The van der Waals surface area contributed by atoms with E-state index in [1.165, 1.54) is 12.5 Å². The van der Waals surface area contributed by atoms with Crippen molar-refractivity contribution in [1.29, 1.82) is 5.41 Å². The molecule has 278 valence electrons. The number of nitrogen functional groups attached to an aromatic ring is 1. The number of aromatic amines is 1. The fourth-order valence-electron chi connectivity index (χ4n) is 5.06. The topological polar surface area (TPSA) is 324 Å². The van der Waals surface area contributed by atoms with Crippen LogP contribution in [0.4, 0.5) is 0 Å². The monoisotopic (exact) mass is 716 g/mol. The first kappa shape index (κ1) is 40.0. The molecule has 1 heterocycles. The molecule has 4 amide bonds. The average molecular weight is 717 g/mol. The number of carbonyl (C=O) groups is 4. The summed E-state index contributed by atoms with van der Waals surface area (Å²) in [7, 11) is 0. The number of amidine groups is 1. The summed E-state index contributed by atoms with van der Waals surface area (Å²) in [6, 6.07) is 12.6. The van der Waals surface area contributed by atoms with Crippen LogP contribution in [0.2, 0.25) is 0 Å². The Morgan fingerprint density at radius 3 is 1.87 bits per heavy atom. The van der Waals surface area contributed by atoms with Gasteiger partial charge in [0.15, 0.2) is 11.9 Å². The van der Waals surface area contributed by atoms with Crippen LogP contribution in [0.3, 0.4) is 0 Å². The van der Waals surface area contributed by atoms with E-state index in [4.69, 9.17) is 34.1 Å². The van der Waals surface area contributed by atoms with E-state index in [9.17, 15) is 19.2 Å². The zero-order valence-corrected chi connectivity index (χ0v) is 28.8. The standard InChI is InChI=1S/C34H48N14O4/c35-29(36)23-12-10-22(11-13-23)18-44-30(50)25(8-4-14-42-33(37)38)47-32(52)27(17-24-19-41-20-45-24)48-31(51)26(9-5-15-43-34(39)40)46-28(49)16-21-6-2-1-3-7-21/h1-3,6-7,10-13,19-20,25-27H,4-5,8-9,14-18H2,(H3,35,36)(H,41,45)(H,44,50)(H,46,49)(H,47,52)(H,48,51)(H4,37,38,42)(H4,39,40,43)/t25-,26-,27-/m0/s1. The number of nitrogens with zero attached hydrogens (tertiary/aromatic N) is 3. The van der Waals surface area contributed by atoms with Crippen molar-refractivity contribution in [2.45, 2.75) is 63.2 Å². The van der Waals surface area contributed by atoms with Crippen molar-refractivity contribution < 1.29 is 19.2 Å². The van der Waals surface area contributed by atoms with Crippen molar-refractivity contribution >= 4 is 41.4 Å². The highest BCUT2D eigenvalue weighted by molar-refractivity contribution is 5.95. The molecule has 2 aromatic carbocycles. The normalized spacial score (nSPS) is 12.3. The Hall–Kier alpha value is -6.46. The van der Waals surface area contributed by atoms with Gasteiger partial charge in [-0.25, -0.2) is 4.98 Å². The Balaban J connectivity index is 1.78. The van der Waals surface area contributed by atoms with Crippen molar-refractivity contribution in [2.24, 2.45) is 38.7 Å². The van der Waals surface area contributed by atoms with Gasteiger partial charge in [-0.1, -0.05) is 54.6 Å². The van der Waals surface area contributed by atoms with Gasteiger partial charge in [-0.05, 0) is 36.8 Å². The first-order chi connectivity index (χ1) is 24.9. The molecule has 0 bridgehead atoms. The third kappa shape index (κ3) is 14.6. The molecule has 0 aliphatic carbocycles. The van der Waals surface area contributed by atoms with Gasteiger partial charge in [-0.2, -0.15) is 0 Å². The van der Waals surface area contributed by atoms with Gasteiger partial charge in [0.1, 0.15) is 24.0 Å². The number of nitrogens with one attached hydrogen (secondary N) is 6. The number of imidazole rings is 1. The minimum absolute atomic E-state index is 0.00108. The summed E-state index contributed by atoms with van der Waals surface area (Å²) in [5.74, 6) is -2.43. The largest absolute Gasteiger partial charge is 0.384 e. The number of guanidine groups is 2. The van der Waals surface area contributed by atoms with Crippen LogP contribution in [0.5, 0.6) is 0 Å². The van der Waals surface area contributed by atoms with Crippen molar-refractivity contribution in [3.8, 4) is 0 Å². The lowest BCUT2D eigenvalue weighted by Gasteiger charge is -2.25. The highest BCUT2D eigenvalue weighted by Gasteiger charge is 2.30. The van der Waals surface area contributed by atoms with E-state index in [-0.39, 0.29) is 63.1 Å². The number of aliphatic imine (C=N–C) groups is 2. The SMILES string of the molecule is N=C(N)c1ccc(CNC(=O)[C@H](CCCN=C(N)N)NC(=O)[C@H](Cc2cnc[nH]2)NC(=O)[C@H](CCCN=C(N)N)NC(=O)Cc2ccccc2)cc1. The van der Waals surface area contributed by atoms with E-state index in [0.717, 1.165) is 11.1 Å². The average Bonchev–Trinajstić information content (AvgIpc) is 3.63. The summed E-state index contributed by atoms with van der Waals surface area (Å²) in [4.78, 5) is 69.0. The molecule has 0 aliphatic heterocycles. The van der Waals surface area contributed by atoms with Crippen molar-refractivity contribution in [2.75, 3.05) is 13.1 Å². The van der Waals surface area contributed by atoms with Gasteiger partial charge in [0, 0.05) is 43.5 Å². The van der Waals surface area contributed by atoms with Crippen LogP contribution >= 0.6 is 0 Å². The molecule has 0 radical (unpaired) electrons. The van der Waals surface area contributed by atoms with Gasteiger partial charge in [-0.3, -0.25) is 34.6 Å². The van der Waals surface area contributed by atoms with E-state index in [0.29, 0.717) is 24.1 Å². The molecule has 1 aromatic heterocycles. The molecule has 16 N–H and O–H groups in total. The molecule has 0 saturated heterocycles. The highest BCUT2D eigenvalue weighted by atomic mass is 16.2. The molecule has 0 unspecified atom stereocenters. The third-order valence-corrected chi connectivity index (χ3v) is 7.73. The highest BCUT2D eigenvalue weighted by Crippen LogP contribution is 2.08. The fourth-order valence-corrected chi connectivity index (χ4v) is 5.06. The van der Waals surface area contributed by atoms with Crippen LogP contribution in [0.25, 0.3) is 0 Å².